The molecule has 1 aromatic rings. The molecular formula is C12H12F3NO4S. The van der Waals surface area contributed by atoms with Crippen molar-refractivity contribution in [2.45, 2.75) is 24.4 Å². The Morgan fingerprint density at radius 3 is 2.52 bits per heavy atom. The van der Waals surface area contributed by atoms with Gasteiger partial charge in [0.05, 0.1) is 18.9 Å². The fourth-order valence-corrected chi connectivity index (χ4v) is 3.31. The van der Waals surface area contributed by atoms with Gasteiger partial charge in [0.15, 0.2) is 5.79 Å². The zero-order valence-corrected chi connectivity index (χ0v) is 11.6. The first-order valence-corrected chi connectivity index (χ1v) is 7.80. The standard InChI is InChI=1S/C12H12F3NO4S/c13-8-1-2-9(16-21(17,18)11(14)15)10-7(8)3-4-12(10)19-5-6-20-12/h1-2,11,16H,3-6H2. The topological polar surface area (TPSA) is 64.6 Å². The van der Waals surface area contributed by atoms with Crippen LogP contribution in [0.15, 0.2) is 12.1 Å². The van der Waals surface area contributed by atoms with Gasteiger partial charge >= 0.3 is 5.76 Å². The first kappa shape index (κ1) is 14.6. The molecule has 0 aromatic heterocycles. The minimum atomic E-state index is -4.85. The molecular weight excluding hydrogens is 311 g/mol. The summed E-state index contributed by atoms with van der Waals surface area (Å²) in [4.78, 5) is 0. The van der Waals surface area contributed by atoms with Crippen LogP contribution in [0.3, 0.4) is 0 Å². The predicted molar refractivity (Wildman–Crippen MR) is 66.8 cm³/mol. The smallest absolute Gasteiger partial charge is 0.343 e. The van der Waals surface area contributed by atoms with Crippen LogP contribution in [-0.4, -0.2) is 27.4 Å². The molecule has 0 amide bonds. The van der Waals surface area contributed by atoms with E-state index in [1.54, 1.807) is 4.72 Å². The van der Waals surface area contributed by atoms with Gasteiger partial charge in [-0.3, -0.25) is 4.72 Å². The highest BCUT2D eigenvalue weighted by atomic mass is 32.2. The maximum Gasteiger partial charge on any atom is 0.355 e. The average Bonchev–Trinajstić information content (AvgIpc) is 3.03. The predicted octanol–water partition coefficient (Wildman–Crippen LogP) is 1.94. The second-order valence-electron chi connectivity index (χ2n) is 4.81. The number of nitrogens with one attached hydrogen (secondary N) is 1. The highest BCUT2D eigenvalue weighted by Crippen LogP contribution is 2.48. The Labute approximate surface area is 119 Å². The fourth-order valence-electron chi connectivity index (χ4n) is 2.74. The van der Waals surface area contributed by atoms with Gasteiger partial charge in [0, 0.05) is 12.0 Å². The number of sulfonamides is 1. The number of anilines is 1. The van der Waals surface area contributed by atoms with Gasteiger partial charge in [-0.1, -0.05) is 0 Å². The third-order valence-electron chi connectivity index (χ3n) is 3.58. The summed E-state index contributed by atoms with van der Waals surface area (Å²) in [5, 5.41) is 0. The molecule has 5 nitrogen and oxygen atoms in total. The summed E-state index contributed by atoms with van der Waals surface area (Å²) in [5.41, 5.74) is 0.252. The third-order valence-corrected chi connectivity index (χ3v) is 4.55. The number of benzene rings is 1. The monoisotopic (exact) mass is 323 g/mol. The summed E-state index contributed by atoms with van der Waals surface area (Å²) in [5.74, 6) is -5.38. The number of ether oxygens (including phenoxy) is 2. The van der Waals surface area contributed by atoms with Crippen LogP contribution in [0.25, 0.3) is 0 Å². The summed E-state index contributed by atoms with van der Waals surface area (Å²) in [6.45, 7) is 0.550. The van der Waals surface area contributed by atoms with Crippen molar-refractivity contribution in [2.24, 2.45) is 0 Å². The molecule has 0 unspecified atom stereocenters. The van der Waals surface area contributed by atoms with Crippen molar-refractivity contribution in [1.29, 1.82) is 0 Å². The molecule has 21 heavy (non-hydrogen) atoms. The quantitative estimate of drug-likeness (QED) is 0.923. The van der Waals surface area contributed by atoms with Gasteiger partial charge in [-0.2, -0.15) is 8.78 Å². The minimum absolute atomic E-state index is 0.133. The fraction of sp³-hybridized carbons (Fsp3) is 0.500. The molecule has 116 valence electrons. The Balaban J connectivity index is 2.10. The van der Waals surface area contributed by atoms with Gasteiger partial charge in [-0.25, -0.2) is 12.8 Å². The van der Waals surface area contributed by atoms with Crippen LogP contribution in [0.2, 0.25) is 0 Å². The first-order chi connectivity index (χ1) is 9.86. The number of alkyl halides is 2. The molecule has 3 rings (SSSR count). The molecule has 0 atom stereocenters. The second kappa shape index (κ2) is 4.85. The van der Waals surface area contributed by atoms with Crippen molar-refractivity contribution >= 4 is 15.7 Å². The average molecular weight is 323 g/mol. The van der Waals surface area contributed by atoms with Crippen molar-refractivity contribution < 1.29 is 31.1 Å². The normalized spacial score (nSPS) is 20.2. The summed E-state index contributed by atoms with van der Waals surface area (Å²) in [6.07, 6.45) is 0.595. The van der Waals surface area contributed by atoms with Gasteiger partial charge in [0.2, 0.25) is 0 Å². The largest absolute Gasteiger partial charge is 0.355 e. The molecule has 0 radical (unpaired) electrons. The molecule has 0 bridgehead atoms. The molecule has 1 fully saturated rings. The van der Waals surface area contributed by atoms with E-state index >= 15 is 0 Å². The summed E-state index contributed by atoms with van der Waals surface area (Å²) in [7, 11) is -4.85. The summed E-state index contributed by atoms with van der Waals surface area (Å²) in [6, 6.07) is 2.14. The zero-order valence-electron chi connectivity index (χ0n) is 10.7. The van der Waals surface area contributed by atoms with Crippen LogP contribution < -0.4 is 4.72 Å². The van der Waals surface area contributed by atoms with E-state index in [0.717, 1.165) is 12.1 Å². The van der Waals surface area contributed by atoms with Gasteiger partial charge < -0.3 is 9.47 Å². The van der Waals surface area contributed by atoms with E-state index in [9.17, 15) is 21.6 Å². The van der Waals surface area contributed by atoms with E-state index in [4.69, 9.17) is 9.47 Å². The molecule has 1 spiro atoms. The highest BCUT2D eigenvalue weighted by Gasteiger charge is 2.47. The molecule has 1 aliphatic carbocycles. The van der Waals surface area contributed by atoms with Gasteiger partial charge in [0.25, 0.3) is 10.0 Å². The van der Waals surface area contributed by atoms with Crippen molar-refractivity contribution in [2.75, 3.05) is 17.9 Å². The number of fused-ring (bicyclic) bond motifs is 2. The Morgan fingerprint density at radius 2 is 1.90 bits per heavy atom. The first-order valence-electron chi connectivity index (χ1n) is 6.25. The highest BCUT2D eigenvalue weighted by molar-refractivity contribution is 7.93. The second-order valence-corrected chi connectivity index (χ2v) is 6.46. The minimum Gasteiger partial charge on any atom is -0.343 e. The molecule has 1 N–H and O–H groups in total. The van der Waals surface area contributed by atoms with Gasteiger partial charge in [-0.05, 0) is 24.1 Å². The van der Waals surface area contributed by atoms with E-state index in [2.05, 4.69) is 0 Å². The zero-order chi connectivity index (χ0) is 15.3. The van der Waals surface area contributed by atoms with Crippen LogP contribution in [-0.2, 0) is 31.7 Å². The van der Waals surface area contributed by atoms with E-state index in [1.807, 2.05) is 0 Å². The van der Waals surface area contributed by atoms with Crippen LogP contribution >= 0.6 is 0 Å². The number of hydrogen-bond donors (Lipinski definition) is 1. The van der Waals surface area contributed by atoms with Crippen molar-refractivity contribution in [3.05, 3.63) is 29.1 Å². The van der Waals surface area contributed by atoms with Crippen molar-refractivity contribution in [3.8, 4) is 0 Å². The number of rotatable bonds is 3. The van der Waals surface area contributed by atoms with Gasteiger partial charge in [-0.15, -0.1) is 0 Å². The SMILES string of the molecule is O=S(=O)(Nc1ccc(F)c2c1C1(CC2)OCCO1)C(F)F. The number of hydrogen-bond acceptors (Lipinski definition) is 4. The van der Waals surface area contributed by atoms with Gasteiger partial charge in [0.1, 0.15) is 5.82 Å². The Kier molecular flexibility index (Phi) is 3.38. The maximum absolute atomic E-state index is 13.9. The van der Waals surface area contributed by atoms with E-state index in [0.29, 0.717) is 6.42 Å². The van der Waals surface area contributed by atoms with E-state index < -0.39 is 27.4 Å². The van der Waals surface area contributed by atoms with Crippen LogP contribution in [0.4, 0.5) is 18.9 Å². The van der Waals surface area contributed by atoms with Crippen LogP contribution in [0.5, 0.6) is 0 Å². The van der Waals surface area contributed by atoms with E-state index in [1.165, 1.54) is 0 Å². The number of halogens is 3. The van der Waals surface area contributed by atoms with Crippen LogP contribution in [0.1, 0.15) is 17.5 Å². The third kappa shape index (κ3) is 2.29. The Hall–Kier alpha value is -1.32. The van der Waals surface area contributed by atoms with Crippen molar-refractivity contribution in [1.82, 2.24) is 0 Å². The Bertz CT molecular complexity index is 671. The Morgan fingerprint density at radius 1 is 1.24 bits per heavy atom. The molecule has 1 heterocycles. The lowest BCUT2D eigenvalue weighted by Gasteiger charge is -2.25. The lowest BCUT2D eigenvalue weighted by atomic mass is 10.0. The molecule has 1 aromatic carbocycles. The molecule has 1 saturated heterocycles. The summed E-state index contributed by atoms with van der Waals surface area (Å²) < 4.78 is 74.4. The van der Waals surface area contributed by atoms with Crippen LogP contribution in [0, 0.1) is 5.82 Å². The molecule has 1 aliphatic heterocycles. The maximum atomic E-state index is 13.9. The van der Waals surface area contributed by atoms with E-state index in [-0.39, 0.29) is 36.4 Å². The lowest BCUT2D eigenvalue weighted by molar-refractivity contribution is -0.162. The molecule has 0 saturated carbocycles. The summed E-state index contributed by atoms with van der Waals surface area (Å²) >= 11 is 0. The molecule has 9 heteroatoms. The van der Waals surface area contributed by atoms with Crippen molar-refractivity contribution in [3.63, 3.8) is 0 Å². The lowest BCUT2D eigenvalue weighted by Crippen LogP contribution is -2.27. The molecule has 2 aliphatic rings.